The Labute approximate surface area is 200 Å². The Bertz CT molecular complexity index is 1140. The minimum atomic E-state index is -3.93. The summed E-state index contributed by atoms with van der Waals surface area (Å²) in [5, 5.41) is 2.75. The molecule has 3 aromatic rings. The molecule has 0 fully saturated rings. The number of anilines is 1. The van der Waals surface area contributed by atoms with Gasteiger partial charge in [-0.15, -0.1) is 0 Å². The van der Waals surface area contributed by atoms with E-state index in [2.05, 4.69) is 21.2 Å². The largest absolute Gasteiger partial charge is 0.354 e. The number of rotatable bonds is 10. The molecule has 1 N–H and O–H groups in total. The summed E-state index contributed by atoms with van der Waals surface area (Å²) in [6.07, 6.45) is 0. The first-order valence-corrected chi connectivity index (χ1v) is 13.2. The Morgan fingerprint density at radius 2 is 1.62 bits per heavy atom. The van der Waals surface area contributed by atoms with Gasteiger partial charge in [0.1, 0.15) is 12.4 Å². The third kappa shape index (κ3) is 6.57. The van der Waals surface area contributed by atoms with E-state index >= 15 is 0 Å². The molecule has 0 aliphatic heterocycles. The van der Waals surface area contributed by atoms with Gasteiger partial charge in [-0.05, 0) is 48.0 Å². The predicted octanol–water partition coefficient (Wildman–Crippen LogP) is 4.83. The molecule has 0 spiro atoms. The zero-order chi connectivity index (χ0) is 23.0. The van der Waals surface area contributed by atoms with E-state index in [0.29, 0.717) is 29.3 Å². The van der Waals surface area contributed by atoms with Crippen LogP contribution in [0.1, 0.15) is 5.56 Å². The Kier molecular flexibility index (Phi) is 8.72. The van der Waals surface area contributed by atoms with Crippen molar-refractivity contribution in [2.75, 3.05) is 23.1 Å². The van der Waals surface area contributed by atoms with Gasteiger partial charge >= 0.3 is 0 Å². The van der Waals surface area contributed by atoms with Crippen molar-refractivity contribution in [3.63, 3.8) is 0 Å². The molecule has 5 nitrogen and oxygen atoms in total. The first-order chi connectivity index (χ1) is 15.4. The maximum absolute atomic E-state index is 13.7. The van der Waals surface area contributed by atoms with E-state index in [9.17, 15) is 17.6 Å². The third-order valence-electron chi connectivity index (χ3n) is 4.52. The van der Waals surface area contributed by atoms with Gasteiger partial charge in [0.15, 0.2) is 0 Å². The minimum Gasteiger partial charge on any atom is -0.354 e. The Hall–Kier alpha value is -2.36. The van der Waals surface area contributed by atoms with Crippen LogP contribution in [0, 0.1) is 5.82 Å². The zero-order valence-electron chi connectivity index (χ0n) is 17.1. The van der Waals surface area contributed by atoms with E-state index in [0.717, 1.165) is 8.78 Å². The summed E-state index contributed by atoms with van der Waals surface area (Å²) in [6.45, 7) is -0.00560. The van der Waals surface area contributed by atoms with Crippen LogP contribution in [-0.4, -0.2) is 33.2 Å². The highest BCUT2D eigenvalue weighted by Crippen LogP contribution is 2.25. The van der Waals surface area contributed by atoms with E-state index in [1.807, 2.05) is 0 Å². The number of hydrogen-bond donors (Lipinski definition) is 1. The molecule has 0 aliphatic rings. The molecule has 0 saturated heterocycles. The number of amides is 1. The maximum Gasteiger partial charge on any atom is 0.264 e. The Morgan fingerprint density at radius 3 is 2.31 bits per heavy atom. The lowest BCUT2D eigenvalue weighted by Gasteiger charge is -2.24. The average Bonchev–Trinajstić information content (AvgIpc) is 2.79. The summed E-state index contributed by atoms with van der Waals surface area (Å²) < 4.78 is 42.0. The molecule has 0 aromatic heterocycles. The van der Waals surface area contributed by atoms with Gasteiger partial charge in [-0.2, -0.15) is 11.8 Å². The summed E-state index contributed by atoms with van der Waals surface area (Å²) in [5.41, 5.74) is 1.00. The number of hydrogen-bond acceptors (Lipinski definition) is 4. The van der Waals surface area contributed by atoms with Crippen molar-refractivity contribution in [1.29, 1.82) is 0 Å². The van der Waals surface area contributed by atoms with E-state index in [1.165, 1.54) is 30.0 Å². The molecule has 32 heavy (non-hydrogen) atoms. The molecule has 0 atom stereocenters. The van der Waals surface area contributed by atoms with E-state index in [4.69, 9.17) is 0 Å². The molecular weight excluding hydrogens is 515 g/mol. The highest BCUT2D eigenvalue weighted by Gasteiger charge is 2.26. The van der Waals surface area contributed by atoms with Gasteiger partial charge in [-0.1, -0.05) is 52.3 Å². The van der Waals surface area contributed by atoms with Crippen molar-refractivity contribution in [3.8, 4) is 0 Å². The number of halogens is 2. The van der Waals surface area contributed by atoms with E-state index in [-0.39, 0.29) is 17.3 Å². The molecule has 0 unspecified atom stereocenters. The van der Waals surface area contributed by atoms with E-state index < -0.39 is 15.9 Å². The second-order valence-corrected chi connectivity index (χ2v) is 10.7. The van der Waals surface area contributed by atoms with Crippen molar-refractivity contribution in [3.05, 3.63) is 94.7 Å². The standard InChI is InChI=1S/C23H22BrFN2O3S2/c24-19-10-12-20(13-11-19)27(32(29,30)21-7-2-1-3-8-21)16-23(28)26-14-15-31-17-18-6-4-5-9-22(18)25/h1-13H,14-17H2,(H,26,28). The van der Waals surface area contributed by atoms with Gasteiger partial charge in [-0.3, -0.25) is 9.10 Å². The number of thioether (sulfide) groups is 1. The normalized spacial score (nSPS) is 11.2. The van der Waals surface area contributed by atoms with Gasteiger partial charge in [0, 0.05) is 22.5 Å². The zero-order valence-corrected chi connectivity index (χ0v) is 20.3. The molecular formula is C23H22BrFN2O3S2. The molecule has 168 valence electrons. The van der Waals surface area contributed by atoms with Crippen LogP contribution >= 0.6 is 27.7 Å². The number of nitrogens with zero attached hydrogens (tertiary/aromatic N) is 1. The van der Waals surface area contributed by atoms with Crippen molar-refractivity contribution in [2.24, 2.45) is 0 Å². The van der Waals surface area contributed by atoms with Crippen LogP contribution < -0.4 is 9.62 Å². The lowest BCUT2D eigenvalue weighted by atomic mass is 10.2. The van der Waals surface area contributed by atoms with Gasteiger partial charge < -0.3 is 5.32 Å². The molecule has 1 amide bonds. The van der Waals surface area contributed by atoms with Crippen LogP contribution in [0.25, 0.3) is 0 Å². The van der Waals surface area contributed by atoms with E-state index in [1.54, 1.807) is 60.7 Å². The molecule has 3 rings (SSSR count). The van der Waals surface area contributed by atoms with Crippen LogP contribution in [0.4, 0.5) is 10.1 Å². The molecule has 0 radical (unpaired) electrons. The lowest BCUT2D eigenvalue weighted by Crippen LogP contribution is -2.41. The summed E-state index contributed by atoms with van der Waals surface area (Å²) in [4.78, 5) is 12.7. The Morgan fingerprint density at radius 1 is 0.969 bits per heavy atom. The fourth-order valence-electron chi connectivity index (χ4n) is 2.89. The fourth-order valence-corrected chi connectivity index (χ4v) is 5.44. The molecule has 0 saturated carbocycles. The van der Waals surface area contributed by atoms with Gasteiger partial charge in [0.05, 0.1) is 10.6 Å². The monoisotopic (exact) mass is 536 g/mol. The van der Waals surface area contributed by atoms with Gasteiger partial charge in [0.2, 0.25) is 5.91 Å². The van der Waals surface area contributed by atoms with Gasteiger partial charge in [0.25, 0.3) is 10.0 Å². The fraction of sp³-hybridized carbons (Fsp3) is 0.174. The van der Waals surface area contributed by atoms with Crippen molar-refractivity contribution in [1.82, 2.24) is 5.32 Å². The topological polar surface area (TPSA) is 66.5 Å². The minimum absolute atomic E-state index is 0.108. The van der Waals surface area contributed by atoms with Crippen molar-refractivity contribution >= 4 is 49.3 Å². The predicted molar refractivity (Wildman–Crippen MR) is 131 cm³/mol. The lowest BCUT2D eigenvalue weighted by molar-refractivity contribution is -0.119. The van der Waals surface area contributed by atoms with Crippen molar-refractivity contribution in [2.45, 2.75) is 10.6 Å². The van der Waals surface area contributed by atoms with Crippen LogP contribution in [0.3, 0.4) is 0 Å². The second kappa shape index (κ2) is 11.5. The Balaban J connectivity index is 1.62. The summed E-state index contributed by atoms with van der Waals surface area (Å²) in [6, 6.07) is 21.3. The van der Waals surface area contributed by atoms with Crippen LogP contribution in [-0.2, 0) is 20.6 Å². The highest BCUT2D eigenvalue weighted by atomic mass is 79.9. The van der Waals surface area contributed by atoms with Crippen LogP contribution in [0.15, 0.2) is 88.2 Å². The maximum atomic E-state index is 13.7. The number of nitrogens with one attached hydrogen (secondary N) is 1. The first-order valence-electron chi connectivity index (χ1n) is 9.79. The highest BCUT2D eigenvalue weighted by molar-refractivity contribution is 9.10. The van der Waals surface area contributed by atoms with Crippen LogP contribution in [0.5, 0.6) is 0 Å². The first kappa shape index (κ1) is 24.3. The smallest absolute Gasteiger partial charge is 0.264 e. The number of carbonyl (C=O) groups excluding carboxylic acids is 1. The number of sulfonamides is 1. The molecule has 0 bridgehead atoms. The second-order valence-electron chi connectivity index (χ2n) is 6.80. The van der Waals surface area contributed by atoms with Gasteiger partial charge in [-0.25, -0.2) is 12.8 Å². The average molecular weight is 537 g/mol. The summed E-state index contributed by atoms with van der Waals surface area (Å²) >= 11 is 4.83. The van der Waals surface area contributed by atoms with Crippen LogP contribution in [0.2, 0.25) is 0 Å². The number of benzene rings is 3. The molecule has 3 aromatic carbocycles. The summed E-state index contributed by atoms with van der Waals surface area (Å²) in [5.74, 6) is 0.402. The van der Waals surface area contributed by atoms with Crippen molar-refractivity contribution < 1.29 is 17.6 Å². The number of carbonyl (C=O) groups is 1. The molecule has 0 heterocycles. The molecule has 9 heteroatoms. The quantitative estimate of drug-likeness (QED) is 0.377. The third-order valence-corrected chi connectivity index (χ3v) is 7.84. The molecule has 0 aliphatic carbocycles. The SMILES string of the molecule is O=C(CN(c1ccc(Br)cc1)S(=O)(=O)c1ccccc1)NCCSCc1ccccc1F. The summed E-state index contributed by atoms with van der Waals surface area (Å²) in [7, 11) is -3.93.